The van der Waals surface area contributed by atoms with Crippen LogP contribution in [0.25, 0.3) is 22.2 Å². The second-order valence-electron chi connectivity index (χ2n) is 12.2. The van der Waals surface area contributed by atoms with Crippen LogP contribution >= 0.6 is 22.7 Å². The predicted octanol–water partition coefficient (Wildman–Crippen LogP) is 12.9. The van der Waals surface area contributed by atoms with Gasteiger partial charge in [0.25, 0.3) is 0 Å². The minimum Gasteiger partial charge on any atom is -0.339 e. The van der Waals surface area contributed by atoms with Gasteiger partial charge in [0.1, 0.15) is 28.4 Å². The van der Waals surface area contributed by atoms with Gasteiger partial charge in [-0.25, -0.2) is 9.97 Å². The van der Waals surface area contributed by atoms with E-state index >= 15 is 0 Å². The van der Waals surface area contributed by atoms with Crippen molar-refractivity contribution in [1.82, 2.24) is 9.97 Å². The first-order valence-corrected chi connectivity index (χ1v) is 18.2. The number of thiophene rings is 1. The van der Waals surface area contributed by atoms with Gasteiger partial charge in [-0.05, 0) is 81.7 Å². The summed E-state index contributed by atoms with van der Waals surface area (Å²) in [6.45, 7) is 13.9. The van der Waals surface area contributed by atoms with Gasteiger partial charge in [-0.2, -0.15) is 15.6 Å². The lowest BCUT2D eigenvalue weighted by Crippen LogP contribution is -2.04. The maximum atomic E-state index is 10.4. The monoisotopic (exact) mass is 730 g/mol. The third kappa shape index (κ3) is 8.16. The van der Waals surface area contributed by atoms with Gasteiger partial charge in [-0.15, -0.1) is 26.7 Å². The van der Waals surface area contributed by atoms with Crippen LogP contribution in [-0.2, 0) is 0 Å². The third-order valence-corrected chi connectivity index (χ3v) is 10.0. The molecule has 0 radical (unpaired) electrons. The van der Waals surface area contributed by atoms with E-state index in [-0.39, 0.29) is 5.56 Å². The fraction of sp³-hybridized carbons (Fsp3) is 0.122. The molecule has 12 heteroatoms. The van der Waals surface area contributed by atoms with Gasteiger partial charge >= 0.3 is 0 Å². The summed E-state index contributed by atoms with van der Waals surface area (Å²) in [6.07, 6.45) is 5.20. The van der Waals surface area contributed by atoms with E-state index in [9.17, 15) is 10.5 Å². The molecule has 0 aliphatic rings. The Morgan fingerprint density at radius 1 is 0.811 bits per heavy atom. The highest BCUT2D eigenvalue weighted by Gasteiger charge is 2.23. The largest absolute Gasteiger partial charge is 0.339 e. The number of hydrogen-bond acceptors (Lipinski definition) is 12. The first-order valence-electron chi connectivity index (χ1n) is 16.5. The molecular formula is C41H34N10S2. The number of nitriles is 2. The van der Waals surface area contributed by atoms with Crippen molar-refractivity contribution in [2.24, 2.45) is 20.5 Å². The number of nitrogens with one attached hydrogen (secondary N) is 2. The molecule has 0 aliphatic carbocycles. The van der Waals surface area contributed by atoms with Gasteiger partial charge in [0.2, 0.25) is 0 Å². The predicted molar refractivity (Wildman–Crippen MR) is 216 cm³/mol. The summed E-state index contributed by atoms with van der Waals surface area (Å²) in [5, 5.41) is 48.7. The molecule has 10 nitrogen and oxygen atoms in total. The highest BCUT2D eigenvalue weighted by Crippen LogP contribution is 2.48. The van der Waals surface area contributed by atoms with E-state index in [0.717, 1.165) is 44.8 Å². The van der Waals surface area contributed by atoms with Gasteiger partial charge in [-0.1, -0.05) is 77.1 Å². The molecule has 53 heavy (non-hydrogen) atoms. The molecule has 0 amide bonds. The van der Waals surface area contributed by atoms with Crippen LogP contribution in [0.2, 0.25) is 0 Å². The molecule has 6 aromatic rings. The van der Waals surface area contributed by atoms with E-state index in [1.54, 1.807) is 19.3 Å². The van der Waals surface area contributed by atoms with Crippen molar-refractivity contribution in [3.8, 4) is 22.7 Å². The molecule has 0 fully saturated rings. The molecular weight excluding hydrogens is 697 g/mol. The van der Waals surface area contributed by atoms with E-state index in [1.807, 2.05) is 106 Å². The van der Waals surface area contributed by atoms with E-state index in [0.29, 0.717) is 49.0 Å². The molecule has 3 aromatic carbocycles. The highest BCUT2D eigenvalue weighted by atomic mass is 32.1. The van der Waals surface area contributed by atoms with E-state index in [2.05, 4.69) is 54.8 Å². The minimum atomic E-state index is 0.270. The van der Waals surface area contributed by atoms with Crippen LogP contribution in [0.3, 0.4) is 0 Å². The lowest BCUT2D eigenvalue weighted by Gasteiger charge is -2.16. The molecule has 0 saturated carbocycles. The summed E-state index contributed by atoms with van der Waals surface area (Å²) in [4.78, 5) is 9.31. The number of allylic oxidation sites excluding steroid dienone is 1. The number of anilines is 4. The molecule has 260 valence electrons. The van der Waals surface area contributed by atoms with Crippen molar-refractivity contribution < 1.29 is 0 Å². The van der Waals surface area contributed by atoms with Crippen molar-refractivity contribution in [3.05, 3.63) is 136 Å². The number of azo groups is 2. The molecule has 6 rings (SSSR count). The fourth-order valence-corrected chi connectivity index (χ4v) is 7.10. The van der Waals surface area contributed by atoms with Crippen molar-refractivity contribution in [1.29, 1.82) is 10.5 Å². The lowest BCUT2D eigenvalue weighted by molar-refractivity contribution is 1.17. The number of thiazole rings is 1. The van der Waals surface area contributed by atoms with Crippen LogP contribution in [0.15, 0.2) is 112 Å². The Labute approximate surface area is 316 Å². The molecule has 3 heterocycles. The van der Waals surface area contributed by atoms with Crippen LogP contribution in [0.5, 0.6) is 0 Å². The van der Waals surface area contributed by atoms with Crippen molar-refractivity contribution in [3.63, 3.8) is 0 Å². The summed E-state index contributed by atoms with van der Waals surface area (Å²) in [7, 11) is 0. The van der Waals surface area contributed by atoms with Gasteiger partial charge < -0.3 is 10.6 Å². The zero-order valence-electron chi connectivity index (χ0n) is 29.8. The smallest absolute Gasteiger partial charge is 0.161 e. The fourth-order valence-electron chi connectivity index (χ4n) is 5.44. The summed E-state index contributed by atoms with van der Waals surface area (Å²) >= 11 is 2.56. The van der Waals surface area contributed by atoms with Crippen LogP contribution in [0, 0.1) is 50.4 Å². The van der Waals surface area contributed by atoms with Crippen LogP contribution in [0.4, 0.5) is 38.7 Å². The Hall–Kier alpha value is -6.60. The molecule has 2 N–H and O–H groups in total. The maximum Gasteiger partial charge on any atom is 0.161 e. The SMILES string of the molecule is C=C(C)c1cccc(C)c1/C=C/N=Nc1sc(N=Nc2c(Nc3ccc(C)cc3)nc(Nc3ccc(C)cc3)c(C#N)c2C)c(C#N)c1-c1nccs1. The number of nitrogens with zero attached hydrogens (tertiary/aromatic N) is 8. The first-order chi connectivity index (χ1) is 25.7. The van der Waals surface area contributed by atoms with E-state index in [4.69, 9.17) is 4.98 Å². The molecule has 3 aromatic heterocycles. The minimum absolute atomic E-state index is 0.270. The van der Waals surface area contributed by atoms with Crippen molar-refractivity contribution in [2.75, 3.05) is 10.6 Å². The van der Waals surface area contributed by atoms with Crippen molar-refractivity contribution >= 4 is 73.0 Å². The summed E-state index contributed by atoms with van der Waals surface area (Å²) in [5.41, 5.74) is 9.88. The zero-order chi connectivity index (χ0) is 37.5. The number of benzene rings is 3. The van der Waals surface area contributed by atoms with Gasteiger partial charge in [-0.3, -0.25) is 0 Å². The Balaban J connectivity index is 1.43. The van der Waals surface area contributed by atoms with E-state index < -0.39 is 0 Å². The van der Waals surface area contributed by atoms with E-state index in [1.165, 1.54) is 22.7 Å². The average Bonchev–Trinajstić information content (AvgIpc) is 3.80. The van der Waals surface area contributed by atoms with Gasteiger partial charge in [0.15, 0.2) is 21.6 Å². The zero-order valence-corrected chi connectivity index (χ0v) is 31.4. The average molecular weight is 731 g/mol. The molecule has 0 spiro atoms. The molecule has 0 saturated heterocycles. The quantitative estimate of drug-likeness (QED) is 0.127. The topological polar surface area (TPSA) is 147 Å². The van der Waals surface area contributed by atoms with Gasteiger partial charge in [0.05, 0.1) is 17.3 Å². The summed E-state index contributed by atoms with van der Waals surface area (Å²) in [5.74, 6) is 0.758. The molecule has 0 atom stereocenters. The van der Waals surface area contributed by atoms with Crippen LogP contribution in [0.1, 0.15) is 51.4 Å². The van der Waals surface area contributed by atoms with Crippen molar-refractivity contribution in [2.45, 2.75) is 34.6 Å². The Morgan fingerprint density at radius 2 is 1.47 bits per heavy atom. The molecule has 0 aliphatic heterocycles. The number of aryl methyl sites for hydroxylation is 3. The summed E-state index contributed by atoms with van der Waals surface area (Å²) in [6, 6.07) is 26.3. The summed E-state index contributed by atoms with van der Waals surface area (Å²) < 4.78 is 0. The molecule has 0 bridgehead atoms. The maximum absolute atomic E-state index is 10.4. The number of hydrogen-bond donors (Lipinski definition) is 2. The normalized spacial score (nSPS) is 11.3. The van der Waals surface area contributed by atoms with Crippen LogP contribution in [-0.4, -0.2) is 9.97 Å². The standard InChI is InChI=1S/C41H34N10S2/c1-24(2)31-9-7-8-27(5)32(31)18-19-45-50-41-35(40-44-20-21-52-40)34(23-43)39(53-41)51-49-36-28(6)33(22-42)37(46-29-14-10-25(3)11-15-29)48-38(36)47-30-16-12-26(4)13-17-30/h7-21H,1H2,2-6H3,(H2,46,47,48)/b19-18+,50-45?,51-49?. The van der Waals surface area contributed by atoms with Gasteiger partial charge in [0, 0.05) is 28.5 Å². The third-order valence-electron chi connectivity index (χ3n) is 8.27. The first kappa shape index (κ1) is 36.2. The Morgan fingerprint density at radius 3 is 2.08 bits per heavy atom. The highest BCUT2D eigenvalue weighted by molar-refractivity contribution is 7.21. The number of pyridine rings is 1. The Bertz CT molecular complexity index is 2480. The number of aromatic nitrogens is 2. The second kappa shape index (κ2) is 16.2. The number of rotatable bonds is 11. The second-order valence-corrected chi connectivity index (χ2v) is 14.1. The van der Waals surface area contributed by atoms with Crippen LogP contribution < -0.4 is 10.6 Å². The molecule has 0 unspecified atom stereocenters. The Kier molecular flexibility index (Phi) is 11.0. The lowest BCUT2D eigenvalue weighted by atomic mass is 9.97.